The molecular formula is C11H20N2O2. The van der Waals surface area contributed by atoms with Gasteiger partial charge in [0, 0.05) is 20.0 Å². The van der Waals surface area contributed by atoms with Gasteiger partial charge >= 0.3 is 0 Å². The van der Waals surface area contributed by atoms with Crippen LogP contribution in [0.4, 0.5) is 0 Å². The lowest BCUT2D eigenvalue weighted by Crippen LogP contribution is -2.45. The van der Waals surface area contributed by atoms with Gasteiger partial charge in [-0.25, -0.2) is 0 Å². The van der Waals surface area contributed by atoms with Crippen molar-refractivity contribution in [2.24, 2.45) is 5.92 Å². The molecule has 0 spiro atoms. The lowest BCUT2D eigenvalue weighted by Gasteiger charge is -2.22. The number of hydrogen-bond acceptors (Lipinski definition) is 2. The summed E-state index contributed by atoms with van der Waals surface area (Å²) in [5, 5.41) is 2.88. The molecule has 0 aliphatic carbocycles. The van der Waals surface area contributed by atoms with Gasteiger partial charge in [-0.3, -0.25) is 9.59 Å². The molecule has 1 atom stereocenters. The van der Waals surface area contributed by atoms with Gasteiger partial charge in [-0.05, 0) is 18.8 Å². The van der Waals surface area contributed by atoms with E-state index in [4.69, 9.17) is 0 Å². The van der Waals surface area contributed by atoms with Crippen LogP contribution < -0.4 is 5.32 Å². The van der Waals surface area contributed by atoms with Gasteiger partial charge in [0.1, 0.15) is 6.04 Å². The van der Waals surface area contributed by atoms with E-state index in [0.29, 0.717) is 12.5 Å². The van der Waals surface area contributed by atoms with E-state index in [-0.39, 0.29) is 17.9 Å². The quantitative estimate of drug-likeness (QED) is 0.751. The Kier molecular flexibility index (Phi) is 4.12. The molecule has 0 aromatic heterocycles. The van der Waals surface area contributed by atoms with Crippen molar-refractivity contribution in [1.82, 2.24) is 10.2 Å². The fourth-order valence-electron chi connectivity index (χ4n) is 1.84. The van der Waals surface area contributed by atoms with Gasteiger partial charge in [0.2, 0.25) is 11.8 Å². The summed E-state index contributed by atoms with van der Waals surface area (Å²) in [5.41, 5.74) is 0. The number of rotatable bonds is 3. The van der Waals surface area contributed by atoms with Crippen molar-refractivity contribution < 1.29 is 9.59 Å². The van der Waals surface area contributed by atoms with Crippen LogP contribution in [0.25, 0.3) is 0 Å². The molecule has 0 radical (unpaired) electrons. The Labute approximate surface area is 91.0 Å². The molecule has 86 valence electrons. The number of likely N-dealkylation sites (tertiary alicyclic amines) is 1. The highest BCUT2D eigenvalue weighted by Gasteiger charge is 2.31. The maximum atomic E-state index is 11.8. The van der Waals surface area contributed by atoms with Crippen LogP contribution >= 0.6 is 0 Å². The third-order valence-electron chi connectivity index (χ3n) is 2.64. The molecule has 1 saturated heterocycles. The van der Waals surface area contributed by atoms with Crippen molar-refractivity contribution in [3.8, 4) is 0 Å². The van der Waals surface area contributed by atoms with E-state index >= 15 is 0 Å². The molecule has 1 N–H and O–H groups in total. The summed E-state index contributed by atoms with van der Waals surface area (Å²) in [6, 6.07) is -0.235. The van der Waals surface area contributed by atoms with Gasteiger partial charge in [0.15, 0.2) is 0 Å². The Bertz CT molecular complexity index is 251. The van der Waals surface area contributed by atoms with Crippen LogP contribution in [0, 0.1) is 5.92 Å². The molecule has 2 amide bonds. The Morgan fingerprint density at radius 1 is 1.47 bits per heavy atom. The number of nitrogens with one attached hydrogen (secondary N) is 1. The second-order valence-corrected chi connectivity index (χ2v) is 4.51. The second-order valence-electron chi connectivity index (χ2n) is 4.51. The van der Waals surface area contributed by atoms with Crippen LogP contribution in [0.5, 0.6) is 0 Å². The summed E-state index contributed by atoms with van der Waals surface area (Å²) < 4.78 is 0. The highest BCUT2D eigenvalue weighted by atomic mass is 16.2. The van der Waals surface area contributed by atoms with E-state index in [1.165, 1.54) is 6.92 Å². The van der Waals surface area contributed by atoms with Gasteiger partial charge in [0.25, 0.3) is 0 Å². The third kappa shape index (κ3) is 3.22. The molecule has 0 bridgehead atoms. The average molecular weight is 212 g/mol. The zero-order chi connectivity index (χ0) is 11.4. The standard InChI is InChI=1S/C11H20N2O2/c1-8(2)7-12-11(15)10-5-4-6-13(10)9(3)14/h8,10H,4-7H2,1-3H3,(H,12,15). The van der Waals surface area contributed by atoms with E-state index < -0.39 is 0 Å². The number of carbonyl (C=O) groups is 2. The Morgan fingerprint density at radius 3 is 2.67 bits per heavy atom. The summed E-state index contributed by atoms with van der Waals surface area (Å²) >= 11 is 0. The fourth-order valence-corrected chi connectivity index (χ4v) is 1.84. The molecule has 1 aliphatic rings. The van der Waals surface area contributed by atoms with E-state index in [2.05, 4.69) is 19.2 Å². The van der Waals surface area contributed by atoms with Crippen molar-refractivity contribution in [3.63, 3.8) is 0 Å². The molecular weight excluding hydrogens is 192 g/mol. The molecule has 4 nitrogen and oxygen atoms in total. The normalized spacial score (nSPS) is 20.8. The summed E-state index contributed by atoms with van der Waals surface area (Å²) in [6.45, 7) is 7.03. The van der Waals surface area contributed by atoms with Crippen LogP contribution in [0.1, 0.15) is 33.6 Å². The van der Waals surface area contributed by atoms with Crippen LogP contribution in [-0.2, 0) is 9.59 Å². The maximum absolute atomic E-state index is 11.8. The summed E-state index contributed by atoms with van der Waals surface area (Å²) in [7, 11) is 0. The lowest BCUT2D eigenvalue weighted by atomic mass is 10.2. The van der Waals surface area contributed by atoms with Crippen LogP contribution in [0.2, 0.25) is 0 Å². The first kappa shape index (κ1) is 12.0. The second kappa shape index (κ2) is 5.14. The molecule has 15 heavy (non-hydrogen) atoms. The third-order valence-corrected chi connectivity index (χ3v) is 2.64. The number of amides is 2. The lowest BCUT2D eigenvalue weighted by molar-refractivity contribution is -0.136. The smallest absolute Gasteiger partial charge is 0.242 e. The molecule has 1 aliphatic heterocycles. The largest absolute Gasteiger partial charge is 0.354 e. The molecule has 1 unspecified atom stereocenters. The van der Waals surface area contributed by atoms with Crippen molar-refractivity contribution in [2.75, 3.05) is 13.1 Å². The first-order valence-electron chi connectivity index (χ1n) is 5.57. The summed E-state index contributed by atoms with van der Waals surface area (Å²) in [5.74, 6) is 0.440. The highest BCUT2D eigenvalue weighted by molar-refractivity contribution is 5.87. The molecule has 1 rings (SSSR count). The van der Waals surface area contributed by atoms with E-state index in [1.54, 1.807) is 4.90 Å². The Balaban J connectivity index is 2.47. The SMILES string of the molecule is CC(=O)N1CCCC1C(=O)NCC(C)C. The number of hydrogen-bond donors (Lipinski definition) is 1. The predicted molar refractivity (Wildman–Crippen MR) is 58.3 cm³/mol. The predicted octanol–water partition coefficient (Wildman–Crippen LogP) is 0.769. The minimum Gasteiger partial charge on any atom is -0.354 e. The Hall–Kier alpha value is -1.06. The van der Waals surface area contributed by atoms with E-state index in [1.807, 2.05) is 0 Å². The minimum absolute atomic E-state index is 0.00260. The molecule has 0 aromatic carbocycles. The van der Waals surface area contributed by atoms with Crippen molar-refractivity contribution in [2.45, 2.75) is 39.7 Å². The van der Waals surface area contributed by atoms with Crippen molar-refractivity contribution in [3.05, 3.63) is 0 Å². The van der Waals surface area contributed by atoms with Crippen LogP contribution in [-0.4, -0.2) is 35.8 Å². The van der Waals surface area contributed by atoms with E-state index in [0.717, 1.165) is 19.4 Å². The molecule has 0 saturated carbocycles. The zero-order valence-electron chi connectivity index (χ0n) is 9.75. The molecule has 1 heterocycles. The fraction of sp³-hybridized carbons (Fsp3) is 0.818. The van der Waals surface area contributed by atoms with Gasteiger partial charge < -0.3 is 10.2 Å². The molecule has 1 fully saturated rings. The van der Waals surface area contributed by atoms with Gasteiger partial charge in [-0.1, -0.05) is 13.8 Å². The van der Waals surface area contributed by atoms with Gasteiger partial charge in [0.05, 0.1) is 0 Å². The zero-order valence-corrected chi connectivity index (χ0v) is 9.75. The molecule has 4 heteroatoms. The van der Waals surface area contributed by atoms with Crippen LogP contribution in [0.3, 0.4) is 0 Å². The average Bonchev–Trinajstić information content (AvgIpc) is 2.62. The number of nitrogens with zero attached hydrogens (tertiary/aromatic N) is 1. The monoisotopic (exact) mass is 212 g/mol. The van der Waals surface area contributed by atoms with Crippen LogP contribution in [0.15, 0.2) is 0 Å². The minimum atomic E-state index is -0.235. The highest BCUT2D eigenvalue weighted by Crippen LogP contribution is 2.17. The van der Waals surface area contributed by atoms with Gasteiger partial charge in [-0.2, -0.15) is 0 Å². The van der Waals surface area contributed by atoms with Gasteiger partial charge in [-0.15, -0.1) is 0 Å². The number of carbonyl (C=O) groups excluding carboxylic acids is 2. The summed E-state index contributed by atoms with van der Waals surface area (Å²) in [4.78, 5) is 24.7. The van der Waals surface area contributed by atoms with Crippen molar-refractivity contribution in [1.29, 1.82) is 0 Å². The molecule has 0 aromatic rings. The first-order valence-corrected chi connectivity index (χ1v) is 5.57. The summed E-state index contributed by atoms with van der Waals surface area (Å²) in [6.07, 6.45) is 1.73. The topological polar surface area (TPSA) is 49.4 Å². The van der Waals surface area contributed by atoms with Crippen molar-refractivity contribution >= 4 is 11.8 Å². The Morgan fingerprint density at radius 2 is 2.13 bits per heavy atom. The first-order chi connectivity index (χ1) is 7.02. The van der Waals surface area contributed by atoms with E-state index in [9.17, 15) is 9.59 Å². The maximum Gasteiger partial charge on any atom is 0.242 e.